The third-order valence-electron chi connectivity index (χ3n) is 5.96. The van der Waals surface area contributed by atoms with Crippen LogP contribution in [0, 0.1) is 0 Å². The van der Waals surface area contributed by atoms with E-state index in [2.05, 4.69) is 13.8 Å². The Morgan fingerprint density at radius 1 is 0.633 bits per heavy atom. The van der Waals surface area contributed by atoms with Gasteiger partial charge in [-0.05, 0) is 19.3 Å². The van der Waals surface area contributed by atoms with Gasteiger partial charge >= 0.3 is 29.6 Å². The third-order valence-corrected chi connectivity index (χ3v) is 7.21. The molecule has 0 amide bonds. The topological polar surface area (TPSA) is 77.4 Å². The molecule has 0 aromatic heterocycles. The zero-order valence-electron chi connectivity index (χ0n) is 20.4. The van der Waals surface area contributed by atoms with E-state index < -0.39 is 21.5 Å². The van der Waals surface area contributed by atoms with Crippen LogP contribution in [0.5, 0.6) is 0 Å². The number of aliphatic hydroxyl groups is 1. The molecule has 0 heterocycles. The molecular weight excluding hydrogens is 407 g/mol. The number of unbranched alkanes of at least 4 members (excludes halogenated alkanes) is 15. The van der Waals surface area contributed by atoms with Gasteiger partial charge in [0.25, 0.3) is 0 Å². The monoisotopic (exact) mass is 456 g/mol. The van der Waals surface area contributed by atoms with Crippen molar-refractivity contribution in [1.82, 2.24) is 0 Å². The summed E-state index contributed by atoms with van der Waals surface area (Å²) in [6.07, 6.45) is 20.7. The maximum atomic E-state index is 11.5. The quantitative estimate of drug-likeness (QED) is 0.151. The zero-order chi connectivity index (χ0) is 21.8. The molecule has 2 unspecified atom stereocenters. The van der Waals surface area contributed by atoms with Crippen LogP contribution >= 0.6 is 0 Å². The van der Waals surface area contributed by atoms with Crippen LogP contribution in [0.25, 0.3) is 0 Å². The first kappa shape index (κ1) is 33.0. The molecule has 1 N–H and O–H groups in total. The molecule has 0 saturated heterocycles. The molecule has 0 rings (SSSR count). The molecule has 0 fully saturated rings. The van der Waals surface area contributed by atoms with Gasteiger partial charge in [-0.3, -0.25) is 0 Å². The molecule has 0 radical (unpaired) electrons. The van der Waals surface area contributed by atoms with Crippen LogP contribution in [0.1, 0.15) is 142 Å². The van der Waals surface area contributed by atoms with Crippen molar-refractivity contribution in [2.75, 3.05) is 0 Å². The predicted molar refractivity (Wildman–Crippen MR) is 123 cm³/mol. The summed E-state index contributed by atoms with van der Waals surface area (Å²) in [5.41, 5.74) is 0. The normalized spacial score (nSPS) is 13.7. The summed E-state index contributed by atoms with van der Waals surface area (Å²) in [4.78, 5) is 0. The summed E-state index contributed by atoms with van der Waals surface area (Å²) in [5, 5.41) is 9.21. The molecular formula is C24H49NaO4S. The Bertz CT molecular complexity index is 442. The summed E-state index contributed by atoms with van der Waals surface area (Å²) in [5.74, 6) is 0. The predicted octanol–water partition coefficient (Wildman–Crippen LogP) is 4.11. The van der Waals surface area contributed by atoms with Crippen molar-refractivity contribution in [3.05, 3.63) is 0 Å². The van der Waals surface area contributed by atoms with Crippen LogP contribution in [0.3, 0.4) is 0 Å². The summed E-state index contributed by atoms with van der Waals surface area (Å²) in [6.45, 7) is 4.40. The molecule has 176 valence electrons. The van der Waals surface area contributed by atoms with Crippen molar-refractivity contribution in [2.24, 2.45) is 0 Å². The Balaban J connectivity index is 0. The molecule has 2 atom stereocenters. The van der Waals surface area contributed by atoms with E-state index in [-0.39, 0.29) is 36.0 Å². The van der Waals surface area contributed by atoms with E-state index in [1.807, 2.05) is 0 Å². The van der Waals surface area contributed by atoms with E-state index in [4.69, 9.17) is 0 Å². The first-order valence-electron chi connectivity index (χ1n) is 12.5. The average molecular weight is 457 g/mol. The number of aliphatic hydroxyl groups excluding tert-OH is 1. The van der Waals surface area contributed by atoms with Gasteiger partial charge in [-0.1, -0.05) is 123 Å². The summed E-state index contributed by atoms with van der Waals surface area (Å²) in [7, 11) is -4.32. The van der Waals surface area contributed by atoms with E-state index in [1.54, 1.807) is 0 Å². The van der Waals surface area contributed by atoms with Gasteiger partial charge in [0.15, 0.2) is 0 Å². The molecule has 0 aromatic carbocycles. The Hall–Kier alpha value is 0.870. The fourth-order valence-electron chi connectivity index (χ4n) is 4.00. The van der Waals surface area contributed by atoms with Gasteiger partial charge in [0.1, 0.15) is 0 Å². The standard InChI is InChI=1S/C24H50O4S.Na/c1-3-5-7-9-10-11-12-13-14-15-17-19-21-24(29(26,27)28)22-23(25)20-18-16-8-6-4-2;/h23-25H,3-22H2,1-2H3,(H,26,27,28);/q;+1/p-1. The minimum absolute atomic E-state index is 0. The largest absolute Gasteiger partial charge is 1.00 e. The number of rotatable bonds is 22. The van der Waals surface area contributed by atoms with Gasteiger partial charge in [0.2, 0.25) is 0 Å². The van der Waals surface area contributed by atoms with Gasteiger partial charge in [-0.2, -0.15) is 0 Å². The maximum Gasteiger partial charge on any atom is 1.00 e. The third kappa shape index (κ3) is 22.1. The Morgan fingerprint density at radius 2 is 0.967 bits per heavy atom. The second-order valence-electron chi connectivity index (χ2n) is 8.88. The molecule has 0 aliphatic carbocycles. The number of hydrogen-bond acceptors (Lipinski definition) is 4. The average Bonchev–Trinajstić information content (AvgIpc) is 2.67. The van der Waals surface area contributed by atoms with Crippen molar-refractivity contribution in [3.8, 4) is 0 Å². The second kappa shape index (κ2) is 23.0. The second-order valence-corrected chi connectivity index (χ2v) is 10.5. The van der Waals surface area contributed by atoms with Crippen LogP contribution in [-0.2, 0) is 10.1 Å². The van der Waals surface area contributed by atoms with Crippen LogP contribution in [-0.4, -0.2) is 29.4 Å². The zero-order valence-corrected chi connectivity index (χ0v) is 23.2. The van der Waals surface area contributed by atoms with Gasteiger partial charge in [0, 0.05) is 0 Å². The van der Waals surface area contributed by atoms with Gasteiger partial charge in [0.05, 0.1) is 21.5 Å². The molecule has 0 spiro atoms. The van der Waals surface area contributed by atoms with Crippen LogP contribution in [0.2, 0.25) is 0 Å². The van der Waals surface area contributed by atoms with Gasteiger partial charge in [-0.15, -0.1) is 0 Å². The summed E-state index contributed by atoms with van der Waals surface area (Å²) < 4.78 is 34.6. The van der Waals surface area contributed by atoms with E-state index in [0.717, 1.165) is 38.5 Å². The maximum absolute atomic E-state index is 11.5. The van der Waals surface area contributed by atoms with E-state index in [0.29, 0.717) is 12.8 Å². The summed E-state index contributed by atoms with van der Waals surface area (Å²) >= 11 is 0. The van der Waals surface area contributed by atoms with Gasteiger partial charge < -0.3 is 9.66 Å². The van der Waals surface area contributed by atoms with Crippen molar-refractivity contribution in [1.29, 1.82) is 0 Å². The molecule has 6 heteroatoms. The summed E-state index contributed by atoms with van der Waals surface area (Å²) in [6, 6.07) is 0. The minimum Gasteiger partial charge on any atom is -0.748 e. The molecule has 0 aromatic rings. The number of hydrogen-bond donors (Lipinski definition) is 1. The van der Waals surface area contributed by atoms with Gasteiger partial charge in [-0.25, -0.2) is 8.42 Å². The first-order chi connectivity index (χ1) is 13.9. The Kier molecular flexibility index (Phi) is 25.4. The molecule has 0 aliphatic heterocycles. The van der Waals surface area contributed by atoms with Crippen LogP contribution < -0.4 is 29.6 Å². The van der Waals surface area contributed by atoms with Crippen LogP contribution in [0.4, 0.5) is 0 Å². The molecule has 0 saturated carbocycles. The van der Waals surface area contributed by atoms with E-state index in [9.17, 15) is 18.1 Å². The van der Waals surface area contributed by atoms with E-state index >= 15 is 0 Å². The SMILES string of the molecule is CCCCCCCCCCCCCCC(CC(O)CCCCCCC)S(=O)(=O)[O-].[Na+]. The molecule has 30 heavy (non-hydrogen) atoms. The Labute approximate surface area is 210 Å². The van der Waals surface area contributed by atoms with Crippen molar-refractivity contribution in [2.45, 2.75) is 154 Å². The minimum atomic E-state index is -4.32. The fraction of sp³-hybridized carbons (Fsp3) is 1.00. The van der Waals surface area contributed by atoms with Crippen molar-refractivity contribution < 1.29 is 47.6 Å². The molecule has 0 bridgehead atoms. The van der Waals surface area contributed by atoms with Crippen molar-refractivity contribution in [3.63, 3.8) is 0 Å². The fourth-order valence-corrected chi connectivity index (χ4v) is 4.91. The van der Waals surface area contributed by atoms with Crippen LogP contribution in [0.15, 0.2) is 0 Å². The molecule has 4 nitrogen and oxygen atoms in total. The first-order valence-corrected chi connectivity index (χ1v) is 14.0. The Morgan fingerprint density at radius 3 is 1.33 bits per heavy atom. The van der Waals surface area contributed by atoms with Crippen molar-refractivity contribution >= 4 is 10.1 Å². The smallest absolute Gasteiger partial charge is 0.748 e. The molecule has 0 aliphatic rings. The van der Waals surface area contributed by atoms with E-state index in [1.165, 1.54) is 70.6 Å².